The molecule has 1 aliphatic heterocycles. The fourth-order valence-corrected chi connectivity index (χ4v) is 3.40. The lowest BCUT2D eigenvalue weighted by Gasteiger charge is -2.34. The molecule has 2 fully saturated rings. The normalized spacial score (nSPS) is 17.1. The zero-order chi connectivity index (χ0) is 18.8. The summed E-state index contributed by atoms with van der Waals surface area (Å²) in [7, 11) is 0. The third-order valence-electron chi connectivity index (χ3n) is 5.11. The zero-order valence-electron chi connectivity index (χ0n) is 15.0. The molecule has 0 radical (unpaired) electrons. The van der Waals surface area contributed by atoms with Gasteiger partial charge in [0, 0.05) is 38.6 Å². The second kappa shape index (κ2) is 7.42. The minimum Gasteiger partial charge on any atom is -0.339 e. The molecule has 4 rings (SSSR count). The smallest absolute Gasteiger partial charge is 0.291 e. The number of carbonyl (C=O) groups is 2. The average Bonchev–Trinajstić information content (AvgIpc) is 3.53. The lowest BCUT2D eigenvalue weighted by atomic mass is 10.0. The summed E-state index contributed by atoms with van der Waals surface area (Å²) in [5.41, 5.74) is 1.46. The molecule has 1 saturated carbocycles. The van der Waals surface area contributed by atoms with Crippen molar-refractivity contribution in [3.8, 4) is 0 Å². The molecule has 0 spiro atoms. The average molecular weight is 368 g/mol. The Morgan fingerprint density at radius 3 is 2.33 bits per heavy atom. The van der Waals surface area contributed by atoms with Crippen molar-refractivity contribution in [2.24, 2.45) is 0 Å². The Hall–Kier alpha value is -2.83. The largest absolute Gasteiger partial charge is 0.339 e. The van der Waals surface area contributed by atoms with Gasteiger partial charge in [-0.25, -0.2) is 14.4 Å². The predicted octanol–water partition coefficient (Wildman–Crippen LogP) is 2.02. The van der Waals surface area contributed by atoms with Gasteiger partial charge in [0.2, 0.25) is 11.7 Å². The third kappa shape index (κ3) is 3.97. The Labute approximate surface area is 157 Å². The summed E-state index contributed by atoms with van der Waals surface area (Å²) in [5, 5.41) is 0. The minimum atomic E-state index is -0.222. The number of carbonyl (C=O) groups excluding carboxylic acids is 2. The van der Waals surface area contributed by atoms with Crippen LogP contribution in [-0.4, -0.2) is 57.8 Å². The van der Waals surface area contributed by atoms with Crippen molar-refractivity contribution in [2.45, 2.75) is 25.2 Å². The van der Waals surface area contributed by atoms with Crippen molar-refractivity contribution in [1.29, 1.82) is 0 Å². The van der Waals surface area contributed by atoms with Crippen molar-refractivity contribution in [2.75, 3.05) is 26.2 Å². The van der Waals surface area contributed by atoms with Crippen molar-refractivity contribution < 1.29 is 14.0 Å². The van der Waals surface area contributed by atoms with Gasteiger partial charge >= 0.3 is 0 Å². The van der Waals surface area contributed by atoms with Crippen LogP contribution in [-0.2, 0) is 11.2 Å². The molecule has 1 aliphatic carbocycles. The molecule has 6 nitrogen and oxygen atoms in total. The third-order valence-corrected chi connectivity index (χ3v) is 5.11. The molecule has 2 aliphatic rings. The zero-order valence-corrected chi connectivity index (χ0v) is 15.0. The van der Waals surface area contributed by atoms with Gasteiger partial charge in [0.25, 0.3) is 5.91 Å². The highest BCUT2D eigenvalue weighted by Gasteiger charge is 2.28. The molecule has 2 heterocycles. The highest BCUT2D eigenvalue weighted by atomic mass is 19.1. The van der Waals surface area contributed by atoms with Gasteiger partial charge in [-0.1, -0.05) is 12.1 Å². The Balaban J connectivity index is 1.32. The Kier molecular flexibility index (Phi) is 4.83. The van der Waals surface area contributed by atoms with E-state index in [0.717, 1.165) is 18.4 Å². The van der Waals surface area contributed by atoms with Gasteiger partial charge in [-0.3, -0.25) is 9.59 Å². The highest BCUT2D eigenvalue weighted by molar-refractivity contribution is 5.90. The molecule has 1 aromatic carbocycles. The molecule has 2 aromatic rings. The molecule has 1 aromatic heterocycles. The van der Waals surface area contributed by atoms with Crippen LogP contribution in [0.1, 0.15) is 40.5 Å². The molecule has 7 heteroatoms. The van der Waals surface area contributed by atoms with E-state index in [1.165, 1.54) is 18.5 Å². The number of amides is 2. The SMILES string of the molecule is O=C(Cc1ccc(C2CC2)c(F)c1)N1CCN(C(=O)c2ncccn2)CC1. The lowest BCUT2D eigenvalue weighted by molar-refractivity contribution is -0.131. The molecule has 27 heavy (non-hydrogen) atoms. The Bertz CT molecular complexity index is 846. The van der Waals surface area contributed by atoms with Crippen LogP contribution in [0.5, 0.6) is 0 Å². The second-order valence-electron chi connectivity index (χ2n) is 7.05. The Morgan fingerprint density at radius 1 is 1.04 bits per heavy atom. The van der Waals surface area contributed by atoms with Crippen molar-refractivity contribution in [3.63, 3.8) is 0 Å². The quantitative estimate of drug-likeness (QED) is 0.828. The predicted molar refractivity (Wildman–Crippen MR) is 96.6 cm³/mol. The maximum absolute atomic E-state index is 14.2. The number of piperazine rings is 1. The van der Waals surface area contributed by atoms with Gasteiger partial charge in [0.05, 0.1) is 6.42 Å². The number of benzene rings is 1. The summed E-state index contributed by atoms with van der Waals surface area (Å²) in [6.07, 6.45) is 5.34. The summed E-state index contributed by atoms with van der Waals surface area (Å²) in [5.74, 6) is 0.0515. The number of nitrogens with zero attached hydrogens (tertiary/aromatic N) is 4. The van der Waals surface area contributed by atoms with E-state index in [0.29, 0.717) is 37.7 Å². The van der Waals surface area contributed by atoms with E-state index in [1.54, 1.807) is 15.9 Å². The summed E-state index contributed by atoms with van der Waals surface area (Å²) >= 11 is 0. The van der Waals surface area contributed by atoms with Crippen molar-refractivity contribution in [1.82, 2.24) is 19.8 Å². The summed E-state index contributed by atoms with van der Waals surface area (Å²) in [6.45, 7) is 1.80. The van der Waals surface area contributed by atoms with E-state index in [9.17, 15) is 14.0 Å². The molecule has 1 saturated heterocycles. The van der Waals surface area contributed by atoms with Crippen LogP contribution in [0.3, 0.4) is 0 Å². The van der Waals surface area contributed by atoms with Crippen LogP contribution in [0, 0.1) is 5.82 Å². The molecular formula is C20H21FN4O2. The Morgan fingerprint density at radius 2 is 1.70 bits per heavy atom. The monoisotopic (exact) mass is 368 g/mol. The van der Waals surface area contributed by atoms with E-state index in [2.05, 4.69) is 9.97 Å². The first kappa shape index (κ1) is 17.6. The van der Waals surface area contributed by atoms with Crippen LogP contribution in [0.15, 0.2) is 36.7 Å². The number of hydrogen-bond acceptors (Lipinski definition) is 4. The van der Waals surface area contributed by atoms with E-state index in [1.807, 2.05) is 12.1 Å². The van der Waals surface area contributed by atoms with Crippen LogP contribution in [0.2, 0.25) is 0 Å². The standard InChI is InChI=1S/C20H21FN4O2/c21-17-12-14(2-5-16(17)15-3-4-15)13-18(26)24-8-10-25(11-9-24)20(27)19-22-6-1-7-23-19/h1-2,5-7,12,15H,3-4,8-11,13H2. The molecule has 0 unspecified atom stereocenters. The molecule has 2 amide bonds. The van der Waals surface area contributed by atoms with Crippen molar-refractivity contribution in [3.05, 3.63) is 59.4 Å². The number of halogens is 1. The van der Waals surface area contributed by atoms with Crippen LogP contribution < -0.4 is 0 Å². The maximum Gasteiger partial charge on any atom is 0.291 e. The van der Waals surface area contributed by atoms with Gasteiger partial charge in [0.15, 0.2) is 0 Å². The number of rotatable bonds is 4. The lowest BCUT2D eigenvalue weighted by Crippen LogP contribution is -2.51. The first-order chi connectivity index (χ1) is 13.1. The van der Waals surface area contributed by atoms with E-state index >= 15 is 0 Å². The van der Waals surface area contributed by atoms with Crippen molar-refractivity contribution >= 4 is 11.8 Å². The van der Waals surface area contributed by atoms with Gasteiger partial charge in [-0.15, -0.1) is 0 Å². The molecule has 140 valence electrons. The number of hydrogen-bond donors (Lipinski definition) is 0. The number of aromatic nitrogens is 2. The summed E-state index contributed by atoms with van der Waals surface area (Å²) in [4.78, 5) is 36.2. The van der Waals surface area contributed by atoms with E-state index in [4.69, 9.17) is 0 Å². The first-order valence-electron chi connectivity index (χ1n) is 9.24. The first-order valence-corrected chi connectivity index (χ1v) is 9.24. The molecular weight excluding hydrogens is 347 g/mol. The van der Waals surface area contributed by atoms with E-state index < -0.39 is 0 Å². The maximum atomic E-state index is 14.2. The topological polar surface area (TPSA) is 66.4 Å². The van der Waals surface area contributed by atoms with Gasteiger partial charge in [0.1, 0.15) is 5.82 Å². The van der Waals surface area contributed by atoms with Gasteiger partial charge in [-0.05, 0) is 42.0 Å². The second-order valence-corrected chi connectivity index (χ2v) is 7.05. The van der Waals surface area contributed by atoms with Crippen LogP contribution in [0.4, 0.5) is 4.39 Å². The summed E-state index contributed by atoms with van der Waals surface area (Å²) < 4.78 is 14.2. The minimum absolute atomic E-state index is 0.0448. The fourth-order valence-electron chi connectivity index (χ4n) is 3.40. The fraction of sp³-hybridized carbons (Fsp3) is 0.400. The van der Waals surface area contributed by atoms with Crippen LogP contribution >= 0.6 is 0 Å². The van der Waals surface area contributed by atoms with Crippen LogP contribution in [0.25, 0.3) is 0 Å². The van der Waals surface area contributed by atoms with Gasteiger partial charge < -0.3 is 9.80 Å². The summed E-state index contributed by atoms with van der Waals surface area (Å²) in [6, 6.07) is 6.80. The molecule has 0 N–H and O–H groups in total. The van der Waals surface area contributed by atoms with Gasteiger partial charge in [-0.2, -0.15) is 0 Å². The molecule has 0 bridgehead atoms. The highest BCUT2D eigenvalue weighted by Crippen LogP contribution is 2.41. The molecule has 0 atom stereocenters. The van der Waals surface area contributed by atoms with E-state index in [-0.39, 0.29) is 29.9 Å².